The maximum atomic E-state index is 13.1. The van der Waals surface area contributed by atoms with Gasteiger partial charge in [-0.25, -0.2) is 9.78 Å². The van der Waals surface area contributed by atoms with Crippen molar-refractivity contribution in [1.82, 2.24) is 19.9 Å². The van der Waals surface area contributed by atoms with Crippen molar-refractivity contribution >= 4 is 16.9 Å². The van der Waals surface area contributed by atoms with Gasteiger partial charge in [-0.2, -0.15) is 8.78 Å². The summed E-state index contributed by atoms with van der Waals surface area (Å²) >= 11 is 0. The molecule has 3 aromatic rings. The summed E-state index contributed by atoms with van der Waals surface area (Å²) in [5, 5.41) is 2.82. The van der Waals surface area contributed by atoms with Crippen LogP contribution in [0.5, 0.6) is 11.5 Å². The van der Waals surface area contributed by atoms with Crippen molar-refractivity contribution < 1.29 is 23.0 Å². The van der Waals surface area contributed by atoms with Crippen LogP contribution < -0.4 is 26.0 Å². The van der Waals surface area contributed by atoms with E-state index in [1.165, 1.54) is 23.8 Å². The molecular weight excluding hydrogens is 450 g/mol. The number of ether oxygens (including phenoxy) is 2. The number of pyridine rings is 1. The zero-order chi connectivity index (χ0) is 24.4. The highest BCUT2D eigenvalue weighted by Crippen LogP contribution is 2.39. The van der Waals surface area contributed by atoms with Gasteiger partial charge in [0.15, 0.2) is 17.1 Å². The van der Waals surface area contributed by atoms with Gasteiger partial charge in [-0.15, -0.1) is 0 Å². The van der Waals surface area contributed by atoms with E-state index in [-0.39, 0.29) is 47.1 Å². The number of rotatable bonds is 9. The highest BCUT2D eigenvalue weighted by Gasteiger charge is 2.28. The number of aromatic amines is 1. The van der Waals surface area contributed by atoms with Crippen molar-refractivity contribution in [2.45, 2.75) is 45.3 Å². The Labute approximate surface area is 192 Å². The molecule has 0 spiro atoms. The number of nitrogens with one attached hydrogen (secondary N) is 2. The molecule has 9 nitrogen and oxygen atoms in total. The van der Waals surface area contributed by atoms with Gasteiger partial charge < -0.3 is 14.8 Å². The first kappa shape index (κ1) is 23.4. The Kier molecular flexibility index (Phi) is 6.62. The first-order valence-electron chi connectivity index (χ1n) is 10.9. The first-order valence-corrected chi connectivity index (χ1v) is 10.9. The van der Waals surface area contributed by atoms with Crippen LogP contribution in [-0.4, -0.2) is 40.7 Å². The summed E-state index contributed by atoms with van der Waals surface area (Å²) < 4.78 is 36.2. The molecule has 1 aliphatic carbocycles. The van der Waals surface area contributed by atoms with Crippen LogP contribution in [-0.2, 0) is 13.0 Å². The van der Waals surface area contributed by atoms with Gasteiger partial charge in [0.2, 0.25) is 0 Å². The molecule has 1 saturated carbocycles. The van der Waals surface area contributed by atoms with E-state index in [1.54, 1.807) is 19.1 Å². The summed E-state index contributed by atoms with van der Waals surface area (Å²) in [6.45, 7) is -0.782. The molecule has 2 aromatic heterocycles. The molecule has 180 valence electrons. The number of H-pyrrole nitrogens is 1. The summed E-state index contributed by atoms with van der Waals surface area (Å²) in [6.07, 6.45) is 2.18. The van der Waals surface area contributed by atoms with Gasteiger partial charge in [-0.05, 0) is 49.9 Å². The summed E-state index contributed by atoms with van der Waals surface area (Å²) in [6, 6.07) is 6.23. The molecule has 2 N–H and O–H groups in total. The van der Waals surface area contributed by atoms with Crippen LogP contribution in [0, 0.1) is 0 Å². The lowest BCUT2D eigenvalue weighted by atomic mass is 10.1. The minimum absolute atomic E-state index is 0.0559. The van der Waals surface area contributed by atoms with E-state index in [9.17, 15) is 23.2 Å². The van der Waals surface area contributed by atoms with Crippen molar-refractivity contribution in [3.8, 4) is 11.5 Å². The number of fused-ring (bicyclic) bond motifs is 1. The largest absolute Gasteiger partial charge is 0.493 e. The lowest BCUT2D eigenvalue weighted by Crippen LogP contribution is -2.33. The number of carbonyl (C=O) groups excluding carboxylic acids is 1. The summed E-state index contributed by atoms with van der Waals surface area (Å²) in [4.78, 5) is 44.7. The number of nitrogens with zero attached hydrogens (tertiary/aromatic N) is 2. The smallest absolute Gasteiger partial charge is 0.387 e. The Morgan fingerprint density at radius 1 is 1.26 bits per heavy atom. The molecule has 1 aromatic carbocycles. The molecule has 1 aliphatic rings. The summed E-state index contributed by atoms with van der Waals surface area (Å²) in [7, 11) is 1.35. The Morgan fingerprint density at radius 3 is 2.68 bits per heavy atom. The van der Waals surface area contributed by atoms with Crippen LogP contribution in [0.2, 0.25) is 0 Å². The Bertz CT molecular complexity index is 1350. The van der Waals surface area contributed by atoms with E-state index < -0.39 is 23.8 Å². The number of benzene rings is 1. The number of amides is 1. The quantitative estimate of drug-likeness (QED) is 0.493. The number of halogens is 2. The van der Waals surface area contributed by atoms with Gasteiger partial charge in [0.1, 0.15) is 0 Å². The second-order valence-electron chi connectivity index (χ2n) is 7.94. The van der Waals surface area contributed by atoms with Crippen molar-refractivity contribution in [3.05, 3.63) is 61.9 Å². The number of alkyl halides is 2. The van der Waals surface area contributed by atoms with E-state index in [2.05, 4.69) is 20.0 Å². The zero-order valence-corrected chi connectivity index (χ0v) is 18.7. The molecule has 1 amide bonds. The summed E-state index contributed by atoms with van der Waals surface area (Å²) in [5.41, 5.74) is 0.407. The predicted molar refractivity (Wildman–Crippen MR) is 120 cm³/mol. The Hall–Kier alpha value is -3.76. The van der Waals surface area contributed by atoms with Gasteiger partial charge in [0, 0.05) is 24.7 Å². The SMILES string of the molecule is CCn1c(=O)[nH]c(=O)c2c(C(=O)NCCc3ccc(OC)c(OC(F)F)c3)cc(C3CC3)nc21. The normalized spacial score (nSPS) is 13.3. The van der Waals surface area contributed by atoms with Crippen LogP contribution in [0.15, 0.2) is 33.9 Å². The second-order valence-corrected chi connectivity index (χ2v) is 7.94. The number of carbonyl (C=O) groups is 1. The number of aromatic nitrogens is 3. The monoisotopic (exact) mass is 474 g/mol. The predicted octanol–water partition coefficient (Wildman–Crippen LogP) is 2.56. The molecule has 4 rings (SSSR count). The van der Waals surface area contributed by atoms with Crippen LogP contribution in [0.4, 0.5) is 8.78 Å². The van der Waals surface area contributed by atoms with Gasteiger partial charge in [0.05, 0.1) is 18.1 Å². The number of methoxy groups -OCH3 is 1. The first-order chi connectivity index (χ1) is 16.3. The maximum absolute atomic E-state index is 13.1. The highest BCUT2D eigenvalue weighted by molar-refractivity contribution is 6.05. The molecule has 11 heteroatoms. The van der Waals surface area contributed by atoms with Gasteiger partial charge in [0.25, 0.3) is 11.5 Å². The van der Waals surface area contributed by atoms with E-state index in [0.29, 0.717) is 17.7 Å². The number of hydrogen-bond acceptors (Lipinski definition) is 6. The zero-order valence-electron chi connectivity index (χ0n) is 18.7. The van der Waals surface area contributed by atoms with Crippen molar-refractivity contribution in [2.24, 2.45) is 0 Å². The Balaban J connectivity index is 1.59. The third-order valence-electron chi connectivity index (χ3n) is 5.67. The van der Waals surface area contributed by atoms with E-state index >= 15 is 0 Å². The Morgan fingerprint density at radius 2 is 2.03 bits per heavy atom. The second kappa shape index (κ2) is 9.62. The lowest BCUT2D eigenvalue weighted by molar-refractivity contribution is -0.0512. The van der Waals surface area contributed by atoms with Crippen molar-refractivity contribution in [3.63, 3.8) is 0 Å². The van der Waals surface area contributed by atoms with E-state index in [0.717, 1.165) is 12.8 Å². The van der Waals surface area contributed by atoms with Crippen LogP contribution >= 0.6 is 0 Å². The molecule has 0 atom stereocenters. The van der Waals surface area contributed by atoms with Crippen LogP contribution in [0.1, 0.15) is 47.3 Å². The third kappa shape index (κ3) is 4.78. The van der Waals surface area contributed by atoms with Crippen molar-refractivity contribution in [1.29, 1.82) is 0 Å². The van der Waals surface area contributed by atoms with Gasteiger partial charge >= 0.3 is 12.3 Å². The average Bonchev–Trinajstić information content (AvgIpc) is 3.64. The molecule has 2 heterocycles. The fourth-order valence-corrected chi connectivity index (χ4v) is 3.83. The highest BCUT2D eigenvalue weighted by atomic mass is 19.3. The number of aryl methyl sites for hydroxylation is 1. The molecule has 0 unspecified atom stereocenters. The maximum Gasteiger partial charge on any atom is 0.387 e. The minimum Gasteiger partial charge on any atom is -0.493 e. The standard InChI is InChI=1S/C23H24F2N4O5/c1-3-29-19-18(21(31)28-23(29)32)14(11-15(27-19)13-5-6-13)20(30)26-9-8-12-4-7-16(33-2)17(10-12)34-22(24)25/h4,7,10-11,13,22H,3,5-6,8-9H2,1-2H3,(H,26,30)(H,28,31,32). The van der Waals surface area contributed by atoms with E-state index in [4.69, 9.17) is 4.74 Å². The average molecular weight is 474 g/mol. The summed E-state index contributed by atoms with van der Waals surface area (Å²) in [5.74, 6) is -0.216. The number of hydrogen-bond donors (Lipinski definition) is 2. The molecule has 34 heavy (non-hydrogen) atoms. The molecule has 0 aliphatic heterocycles. The minimum atomic E-state index is -3.00. The lowest BCUT2D eigenvalue weighted by Gasteiger charge is -2.13. The fraction of sp³-hybridized carbons (Fsp3) is 0.391. The van der Waals surface area contributed by atoms with Gasteiger partial charge in [-0.1, -0.05) is 6.07 Å². The molecule has 1 fully saturated rings. The molecule has 0 bridgehead atoms. The molecular formula is C23H24F2N4O5. The van der Waals surface area contributed by atoms with Gasteiger partial charge in [-0.3, -0.25) is 19.1 Å². The fourth-order valence-electron chi connectivity index (χ4n) is 3.83. The van der Waals surface area contributed by atoms with E-state index in [1.807, 2.05) is 0 Å². The third-order valence-corrected chi connectivity index (χ3v) is 5.67. The molecule has 0 saturated heterocycles. The van der Waals surface area contributed by atoms with Crippen molar-refractivity contribution in [2.75, 3.05) is 13.7 Å². The van der Waals surface area contributed by atoms with Crippen LogP contribution in [0.3, 0.4) is 0 Å². The topological polar surface area (TPSA) is 115 Å². The van der Waals surface area contributed by atoms with Crippen LogP contribution in [0.25, 0.3) is 11.0 Å². The molecule has 0 radical (unpaired) electrons.